The van der Waals surface area contributed by atoms with Gasteiger partial charge in [0.25, 0.3) is 0 Å². The third-order valence-corrected chi connectivity index (χ3v) is 2.65. The van der Waals surface area contributed by atoms with Crippen LogP contribution in [0.2, 0.25) is 5.02 Å². The van der Waals surface area contributed by atoms with Gasteiger partial charge in [-0.2, -0.15) is 0 Å². The Kier molecular flexibility index (Phi) is 3.88. The molecule has 0 radical (unpaired) electrons. The number of hydrogen-bond acceptors (Lipinski definition) is 2. The first-order valence-electron chi connectivity index (χ1n) is 4.77. The molecule has 0 aromatic heterocycles. The molecule has 0 bridgehead atoms. The second-order valence-corrected chi connectivity index (χ2v) is 4.24. The average molecular weight is 245 g/mol. The zero-order valence-electron chi connectivity index (χ0n) is 9.42. The van der Waals surface area contributed by atoms with Crippen LogP contribution >= 0.6 is 11.6 Å². The molecule has 0 spiro atoms. The number of carbonyl (C=O) groups is 1. The Labute approximate surface area is 99.0 Å². The molecule has 0 heterocycles. The monoisotopic (exact) mass is 244 g/mol. The van der Waals surface area contributed by atoms with Gasteiger partial charge in [0.05, 0.1) is 0 Å². The predicted octanol–water partition coefficient (Wildman–Crippen LogP) is 1.88. The van der Waals surface area contributed by atoms with Crippen molar-refractivity contribution < 1.29 is 9.18 Å². The van der Waals surface area contributed by atoms with Crippen LogP contribution in [0.25, 0.3) is 0 Å². The van der Waals surface area contributed by atoms with E-state index in [1.807, 2.05) is 0 Å². The molecule has 5 heteroatoms. The van der Waals surface area contributed by atoms with E-state index in [0.29, 0.717) is 16.1 Å². The van der Waals surface area contributed by atoms with E-state index < -0.39 is 11.9 Å². The van der Waals surface area contributed by atoms with Crippen molar-refractivity contribution in [2.75, 3.05) is 14.1 Å². The third kappa shape index (κ3) is 2.51. The fourth-order valence-corrected chi connectivity index (χ4v) is 1.65. The first-order chi connectivity index (χ1) is 7.34. The predicted molar refractivity (Wildman–Crippen MR) is 61.8 cm³/mol. The molecule has 1 amide bonds. The van der Waals surface area contributed by atoms with E-state index in [1.165, 1.54) is 17.0 Å². The van der Waals surface area contributed by atoms with E-state index in [-0.39, 0.29) is 5.91 Å². The Morgan fingerprint density at radius 3 is 2.56 bits per heavy atom. The van der Waals surface area contributed by atoms with Crippen LogP contribution in [-0.2, 0) is 4.79 Å². The molecule has 1 aromatic rings. The number of hydrogen-bond donors (Lipinski definition) is 1. The second kappa shape index (κ2) is 4.80. The highest BCUT2D eigenvalue weighted by Gasteiger charge is 2.21. The van der Waals surface area contributed by atoms with Crippen LogP contribution in [0, 0.1) is 12.7 Å². The van der Waals surface area contributed by atoms with E-state index in [0.717, 1.165) is 0 Å². The van der Waals surface area contributed by atoms with E-state index in [2.05, 4.69) is 0 Å². The van der Waals surface area contributed by atoms with Gasteiger partial charge in [0, 0.05) is 19.1 Å². The summed E-state index contributed by atoms with van der Waals surface area (Å²) in [5.41, 5.74) is 6.45. The van der Waals surface area contributed by atoms with Gasteiger partial charge in [0.15, 0.2) is 0 Å². The van der Waals surface area contributed by atoms with Crippen LogP contribution in [0.5, 0.6) is 0 Å². The summed E-state index contributed by atoms with van der Waals surface area (Å²) in [5, 5.41) is 0.307. The normalized spacial score (nSPS) is 12.4. The Bertz CT molecular complexity index is 421. The van der Waals surface area contributed by atoms with Gasteiger partial charge in [-0.3, -0.25) is 4.79 Å². The number of halogens is 2. The standard InChI is InChI=1S/C11H14ClFN2O/c1-6-4-8(12)7(5-9(6)13)10(14)11(16)15(2)3/h4-5,10H,14H2,1-3H3. The summed E-state index contributed by atoms with van der Waals surface area (Å²) in [6.07, 6.45) is 0. The lowest BCUT2D eigenvalue weighted by Crippen LogP contribution is -2.33. The summed E-state index contributed by atoms with van der Waals surface area (Å²) in [4.78, 5) is 13.0. The van der Waals surface area contributed by atoms with Crippen molar-refractivity contribution in [3.63, 3.8) is 0 Å². The molecule has 3 nitrogen and oxygen atoms in total. The molecule has 1 unspecified atom stereocenters. The molecule has 1 atom stereocenters. The summed E-state index contributed by atoms with van der Waals surface area (Å²) in [6, 6.07) is 1.75. The maximum Gasteiger partial charge on any atom is 0.243 e. The SMILES string of the molecule is Cc1cc(Cl)c(C(N)C(=O)N(C)C)cc1F. The Balaban J connectivity index is 3.14. The number of carbonyl (C=O) groups excluding carboxylic acids is 1. The van der Waals surface area contributed by atoms with Gasteiger partial charge in [-0.25, -0.2) is 4.39 Å². The zero-order valence-corrected chi connectivity index (χ0v) is 10.2. The summed E-state index contributed by atoms with van der Waals surface area (Å²) in [7, 11) is 3.17. The van der Waals surface area contributed by atoms with Gasteiger partial charge in [-0.1, -0.05) is 11.6 Å². The topological polar surface area (TPSA) is 46.3 Å². The Morgan fingerprint density at radius 2 is 2.06 bits per heavy atom. The highest BCUT2D eigenvalue weighted by atomic mass is 35.5. The largest absolute Gasteiger partial charge is 0.347 e. The average Bonchev–Trinajstić information content (AvgIpc) is 2.21. The van der Waals surface area contributed by atoms with Crippen molar-refractivity contribution in [2.45, 2.75) is 13.0 Å². The molecule has 2 N–H and O–H groups in total. The van der Waals surface area contributed by atoms with Gasteiger partial charge >= 0.3 is 0 Å². The number of amides is 1. The molecule has 0 aliphatic carbocycles. The minimum absolute atomic E-state index is 0.307. The first-order valence-corrected chi connectivity index (χ1v) is 5.14. The van der Waals surface area contributed by atoms with E-state index >= 15 is 0 Å². The van der Waals surface area contributed by atoms with Crippen LogP contribution in [-0.4, -0.2) is 24.9 Å². The lowest BCUT2D eigenvalue weighted by molar-refractivity contribution is -0.130. The minimum Gasteiger partial charge on any atom is -0.347 e. The third-order valence-electron chi connectivity index (χ3n) is 2.32. The number of rotatable bonds is 2. The second-order valence-electron chi connectivity index (χ2n) is 3.83. The van der Waals surface area contributed by atoms with Crippen LogP contribution in [0.4, 0.5) is 4.39 Å². The highest BCUT2D eigenvalue weighted by Crippen LogP contribution is 2.25. The van der Waals surface area contributed by atoms with Crippen molar-refractivity contribution in [1.29, 1.82) is 0 Å². The first kappa shape index (κ1) is 12.9. The van der Waals surface area contributed by atoms with E-state index in [1.54, 1.807) is 21.0 Å². The zero-order chi connectivity index (χ0) is 12.5. The number of nitrogens with zero attached hydrogens (tertiary/aromatic N) is 1. The maximum atomic E-state index is 13.3. The molecule has 1 rings (SSSR count). The van der Waals surface area contributed by atoms with Crippen molar-refractivity contribution in [3.05, 3.63) is 34.1 Å². The van der Waals surface area contributed by atoms with Crippen molar-refractivity contribution >= 4 is 17.5 Å². The number of aryl methyl sites for hydroxylation is 1. The Hall–Kier alpha value is -1.13. The van der Waals surface area contributed by atoms with E-state index in [4.69, 9.17) is 17.3 Å². The van der Waals surface area contributed by atoms with Crippen LogP contribution in [0.3, 0.4) is 0 Å². The van der Waals surface area contributed by atoms with Gasteiger partial charge in [0.2, 0.25) is 5.91 Å². The Morgan fingerprint density at radius 1 is 1.50 bits per heavy atom. The molecule has 0 saturated carbocycles. The molecule has 88 valence electrons. The molecule has 16 heavy (non-hydrogen) atoms. The number of nitrogens with two attached hydrogens (primary N) is 1. The van der Waals surface area contributed by atoms with Gasteiger partial charge < -0.3 is 10.6 Å². The van der Waals surface area contributed by atoms with Gasteiger partial charge in [0.1, 0.15) is 11.9 Å². The van der Waals surface area contributed by atoms with Gasteiger partial charge in [-0.15, -0.1) is 0 Å². The van der Waals surface area contributed by atoms with Crippen molar-refractivity contribution in [3.8, 4) is 0 Å². The molecule has 1 aromatic carbocycles. The molecular weight excluding hydrogens is 231 g/mol. The summed E-state index contributed by atoms with van der Waals surface area (Å²) in [6.45, 7) is 1.60. The van der Waals surface area contributed by atoms with Crippen molar-refractivity contribution in [1.82, 2.24) is 4.90 Å². The summed E-state index contributed by atoms with van der Waals surface area (Å²) >= 11 is 5.93. The number of likely N-dealkylation sites (N-methyl/N-ethyl adjacent to an activating group) is 1. The van der Waals surface area contributed by atoms with Crippen molar-refractivity contribution in [2.24, 2.45) is 5.73 Å². The van der Waals surface area contributed by atoms with Crippen LogP contribution in [0.15, 0.2) is 12.1 Å². The summed E-state index contributed by atoms with van der Waals surface area (Å²) < 4.78 is 13.3. The quantitative estimate of drug-likeness (QED) is 0.864. The molecule has 0 aliphatic heterocycles. The molecule has 0 aliphatic rings. The van der Waals surface area contributed by atoms with E-state index in [9.17, 15) is 9.18 Å². The number of benzene rings is 1. The minimum atomic E-state index is -0.933. The lowest BCUT2D eigenvalue weighted by atomic mass is 10.0. The molecular formula is C11H14ClFN2O. The van der Waals surface area contributed by atoms with Gasteiger partial charge in [-0.05, 0) is 30.2 Å². The lowest BCUT2D eigenvalue weighted by Gasteiger charge is -2.18. The molecule has 0 saturated heterocycles. The smallest absolute Gasteiger partial charge is 0.243 e. The summed E-state index contributed by atoms with van der Waals surface area (Å²) in [5.74, 6) is -0.730. The highest BCUT2D eigenvalue weighted by molar-refractivity contribution is 6.31. The van der Waals surface area contributed by atoms with Crippen LogP contribution < -0.4 is 5.73 Å². The molecule has 0 fully saturated rings. The maximum absolute atomic E-state index is 13.3. The fourth-order valence-electron chi connectivity index (χ4n) is 1.31. The van der Waals surface area contributed by atoms with Crippen LogP contribution in [0.1, 0.15) is 17.2 Å². The fraction of sp³-hybridized carbons (Fsp3) is 0.364.